The highest BCUT2D eigenvalue weighted by Crippen LogP contribution is 2.31. The van der Waals surface area contributed by atoms with Crippen molar-refractivity contribution < 1.29 is 8.78 Å². The lowest BCUT2D eigenvalue weighted by atomic mass is 10.1. The summed E-state index contributed by atoms with van der Waals surface area (Å²) in [6.07, 6.45) is -2.55. The quantitative estimate of drug-likeness (QED) is 0.796. The molecule has 0 bridgehead atoms. The number of alkyl halides is 2. The first-order valence-electron chi connectivity index (χ1n) is 5.57. The predicted molar refractivity (Wildman–Crippen MR) is 70.3 cm³/mol. The monoisotopic (exact) mass is 248 g/mol. The Morgan fingerprint density at radius 1 is 1.06 bits per heavy atom. The number of hydrogen-bond acceptors (Lipinski definition) is 2. The first kappa shape index (κ1) is 12.4. The van der Waals surface area contributed by atoms with Gasteiger partial charge in [0.1, 0.15) is 0 Å². The van der Waals surface area contributed by atoms with E-state index in [-0.39, 0.29) is 5.56 Å². The van der Waals surface area contributed by atoms with Crippen LogP contribution in [0.5, 0.6) is 0 Å². The molecule has 0 aliphatic rings. The Kier molecular flexibility index (Phi) is 3.46. The third kappa shape index (κ3) is 2.77. The molecule has 2 aromatic rings. The molecule has 2 rings (SSSR count). The number of anilines is 3. The van der Waals surface area contributed by atoms with E-state index in [1.807, 2.05) is 31.2 Å². The minimum atomic E-state index is -2.55. The Labute approximate surface area is 104 Å². The predicted octanol–water partition coefficient (Wildman–Crippen LogP) is 4.26. The maximum absolute atomic E-state index is 12.9. The van der Waals surface area contributed by atoms with Crippen molar-refractivity contribution in [2.75, 3.05) is 11.1 Å². The van der Waals surface area contributed by atoms with Crippen molar-refractivity contribution in [3.63, 3.8) is 0 Å². The molecule has 0 radical (unpaired) electrons. The summed E-state index contributed by atoms with van der Waals surface area (Å²) >= 11 is 0. The van der Waals surface area contributed by atoms with Crippen molar-refractivity contribution >= 4 is 17.1 Å². The average Bonchev–Trinajstić information content (AvgIpc) is 2.34. The SMILES string of the molecule is Cc1ccc(Nc2ccc(N)cc2C(F)F)cc1. The van der Waals surface area contributed by atoms with E-state index < -0.39 is 6.43 Å². The Hall–Kier alpha value is -2.10. The highest BCUT2D eigenvalue weighted by Gasteiger charge is 2.13. The minimum Gasteiger partial charge on any atom is -0.399 e. The minimum absolute atomic E-state index is 0.0874. The van der Waals surface area contributed by atoms with E-state index in [4.69, 9.17) is 5.73 Å². The van der Waals surface area contributed by atoms with Gasteiger partial charge in [-0.1, -0.05) is 17.7 Å². The maximum Gasteiger partial charge on any atom is 0.265 e. The smallest absolute Gasteiger partial charge is 0.265 e. The van der Waals surface area contributed by atoms with Crippen molar-refractivity contribution in [1.29, 1.82) is 0 Å². The van der Waals surface area contributed by atoms with E-state index in [1.54, 1.807) is 12.1 Å². The van der Waals surface area contributed by atoms with E-state index in [2.05, 4.69) is 5.32 Å². The first-order valence-corrected chi connectivity index (χ1v) is 5.57. The summed E-state index contributed by atoms with van der Waals surface area (Å²) in [5.41, 5.74) is 8.03. The maximum atomic E-state index is 12.9. The van der Waals surface area contributed by atoms with Gasteiger partial charge >= 0.3 is 0 Å². The molecule has 0 unspecified atom stereocenters. The van der Waals surface area contributed by atoms with Gasteiger partial charge < -0.3 is 11.1 Å². The molecular formula is C14H14F2N2. The van der Waals surface area contributed by atoms with Crippen LogP contribution in [-0.2, 0) is 0 Å². The largest absolute Gasteiger partial charge is 0.399 e. The molecule has 0 aliphatic heterocycles. The van der Waals surface area contributed by atoms with E-state index in [0.717, 1.165) is 11.3 Å². The number of aryl methyl sites for hydroxylation is 1. The van der Waals surface area contributed by atoms with Gasteiger partial charge in [0.2, 0.25) is 0 Å². The molecule has 2 nitrogen and oxygen atoms in total. The second kappa shape index (κ2) is 5.04. The van der Waals surface area contributed by atoms with Gasteiger partial charge in [0.05, 0.1) is 0 Å². The van der Waals surface area contributed by atoms with E-state index >= 15 is 0 Å². The van der Waals surface area contributed by atoms with Crippen molar-refractivity contribution in [2.24, 2.45) is 0 Å². The molecule has 0 aliphatic carbocycles. The molecule has 0 aromatic heterocycles. The van der Waals surface area contributed by atoms with Gasteiger partial charge in [0, 0.05) is 22.6 Å². The van der Waals surface area contributed by atoms with Gasteiger partial charge in [-0.05, 0) is 37.3 Å². The van der Waals surface area contributed by atoms with Crippen molar-refractivity contribution in [3.05, 3.63) is 53.6 Å². The summed E-state index contributed by atoms with van der Waals surface area (Å²) in [5, 5.41) is 2.97. The van der Waals surface area contributed by atoms with E-state index in [0.29, 0.717) is 11.4 Å². The third-order valence-corrected chi connectivity index (χ3v) is 2.64. The highest BCUT2D eigenvalue weighted by atomic mass is 19.3. The zero-order chi connectivity index (χ0) is 13.1. The summed E-state index contributed by atoms with van der Waals surface area (Å²) in [7, 11) is 0. The molecular weight excluding hydrogens is 234 g/mol. The van der Waals surface area contributed by atoms with Crippen LogP contribution in [0.1, 0.15) is 17.6 Å². The van der Waals surface area contributed by atoms with Crippen molar-refractivity contribution in [2.45, 2.75) is 13.3 Å². The number of nitrogens with two attached hydrogens (primary N) is 1. The fraction of sp³-hybridized carbons (Fsp3) is 0.143. The van der Waals surface area contributed by atoms with E-state index in [1.165, 1.54) is 6.07 Å². The molecule has 0 amide bonds. The molecule has 0 spiro atoms. The Balaban J connectivity index is 2.31. The topological polar surface area (TPSA) is 38.0 Å². The standard InChI is InChI=1S/C14H14F2N2/c1-9-2-5-11(6-3-9)18-13-7-4-10(17)8-12(13)14(15)16/h2-8,14,18H,17H2,1H3. The number of benzene rings is 2. The van der Waals surface area contributed by atoms with Crippen molar-refractivity contribution in [3.8, 4) is 0 Å². The summed E-state index contributed by atoms with van der Waals surface area (Å²) in [4.78, 5) is 0. The molecule has 2 aromatic carbocycles. The number of halogens is 2. The summed E-state index contributed by atoms with van der Waals surface area (Å²) in [5.74, 6) is 0. The van der Waals surface area contributed by atoms with Crippen LogP contribution in [-0.4, -0.2) is 0 Å². The molecule has 3 N–H and O–H groups in total. The van der Waals surface area contributed by atoms with Crippen LogP contribution in [0.25, 0.3) is 0 Å². The second-order valence-corrected chi connectivity index (χ2v) is 4.14. The summed E-state index contributed by atoms with van der Waals surface area (Å²) in [6.45, 7) is 1.97. The van der Waals surface area contributed by atoms with Crippen LogP contribution < -0.4 is 11.1 Å². The fourth-order valence-electron chi connectivity index (χ4n) is 1.67. The highest BCUT2D eigenvalue weighted by molar-refractivity contribution is 5.66. The summed E-state index contributed by atoms with van der Waals surface area (Å²) < 4.78 is 25.8. The Morgan fingerprint density at radius 3 is 2.33 bits per heavy atom. The van der Waals surface area contributed by atoms with Gasteiger partial charge in [-0.2, -0.15) is 0 Å². The normalized spacial score (nSPS) is 10.7. The second-order valence-electron chi connectivity index (χ2n) is 4.14. The molecule has 94 valence electrons. The van der Waals surface area contributed by atoms with Crippen LogP contribution in [0, 0.1) is 6.92 Å². The molecule has 18 heavy (non-hydrogen) atoms. The van der Waals surface area contributed by atoms with Gasteiger partial charge in [-0.3, -0.25) is 0 Å². The van der Waals surface area contributed by atoms with Gasteiger partial charge in [-0.25, -0.2) is 8.78 Å². The van der Waals surface area contributed by atoms with Crippen LogP contribution in [0.4, 0.5) is 25.8 Å². The van der Waals surface area contributed by atoms with Gasteiger partial charge in [0.25, 0.3) is 6.43 Å². The third-order valence-electron chi connectivity index (χ3n) is 2.64. The first-order chi connectivity index (χ1) is 8.56. The van der Waals surface area contributed by atoms with Gasteiger partial charge in [0.15, 0.2) is 0 Å². The lowest BCUT2D eigenvalue weighted by Gasteiger charge is -2.12. The molecule has 0 saturated carbocycles. The van der Waals surface area contributed by atoms with Crippen LogP contribution in [0.15, 0.2) is 42.5 Å². The Bertz CT molecular complexity index is 536. The number of rotatable bonds is 3. The van der Waals surface area contributed by atoms with Crippen molar-refractivity contribution in [1.82, 2.24) is 0 Å². The van der Waals surface area contributed by atoms with Crippen LogP contribution in [0.3, 0.4) is 0 Å². The van der Waals surface area contributed by atoms with Crippen LogP contribution in [0.2, 0.25) is 0 Å². The fourth-order valence-corrected chi connectivity index (χ4v) is 1.67. The Morgan fingerprint density at radius 2 is 1.72 bits per heavy atom. The average molecular weight is 248 g/mol. The molecule has 4 heteroatoms. The number of hydrogen-bond donors (Lipinski definition) is 2. The van der Waals surface area contributed by atoms with Crippen LogP contribution >= 0.6 is 0 Å². The summed E-state index contributed by atoms with van der Waals surface area (Å²) in [6, 6.07) is 12.0. The zero-order valence-electron chi connectivity index (χ0n) is 9.95. The molecule has 0 fully saturated rings. The molecule has 0 saturated heterocycles. The van der Waals surface area contributed by atoms with E-state index in [9.17, 15) is 8.78 Å². The zero-order valence-corrected chi connectivity index (χ0v) is 9.95. The van der Waals surface area contributed by atoms with Gasteiger partial charge in [-0.15, -0.1) is 0 Å². The molecule has 0 heterocycles. The number of nitrogen functional groups attached to an aromatic ring is 1. The lowest BCUT2D eigenvalue weighted by Crippen LogP contribution is -1.98. The number of nitrogens with one attached hydrogen (secondary N) is 1. The lowest BCUT2D eigenvalue weighted by molar-refractivity contribution is 0.152. The molecule has 0 atom stereocenters.